The van der Waals surface area contributed by atoms with Gasteiger partial charge in [-0.2, -0.15) is 0 Å². The minimum absolute atomic E-state index is 0.00266. The monoisotopic (exact) mass is 237 g/mol. The van der Waals surface area contributed by atoms with Crippen molar-refractivity contribution in [3.05, 3.63) is 24.0 Å². The molecule has 4 heteroatoms. The molecule has 1 aromatic rings. The predicted molar refractivity (Wildman–Crippen MR) is 69.7 cm³/mol. The van der Waals surface area contributed by atoms with Crippen LogP contribution in [0.4, 0.5) is 0 Å². The number of carbonyl (C=O) groups excluding carboxylic acids is 1. The highest BCUT2D eigenvalue weighted by Gasteiger charge is 2.23. The van der Waals surface area contributed by atoms with Crippen LogP contribution < -0.4 is 11.1 Å². The van der Waals surface area contributed by atoms with Gasteiger partial charge in [-0.25, -0.2) is 0 Å². The van der Waals surface area contributed by atoms with Gasteiger partial charge in [-0.1, -0.05) is 13.8 Å². The van der Waals surface area contributed by atoms with E-state index in [2.05, 4.69) is 24.1 Å². The summed E-state index contributed by atoms with van der Waals surface area (Å²) < 4.78 is 0. The summed E-state index contributed by atoms with van der Waals surface area (Å²) >= 11 is 0. The molecule has 96 valence electrons. The average Bonchev–Trinajstić information content (AvgIpc) is 2.65. The first-order chi connectivity index (χ1) is 7.71. The Hall–Kier alpha value is -1.29. The van der Waals surface area contributed by atoms with Gasteiger partial charge in [0.05, 0.1) is 0 Å². The van der Waals surface area contributed by atoms with Crippen LogP contribution in [0.5, 0.6) is 0 Å². The van der Waals surface area contributed by atoms with E-state index in [1.54, 1.807) is 0 Å². The van der Waals surface area contributed by atoms with E-state index in [1.807, 2.05) is 32.2 Å². The summed E-state index contributed by atoms with van der Waals surface area (Å²) in [5.74, 6) is -0.00266. The molecule has 1 heterocycles. The Balaban J connectivity index is 2.48. The third-order valence-corrected chi connectivity index (χ3v) is 2.67. The van der Waals surface area contributed by atoms with Gasteiger partial charge in [0.1, 0.15) is 0 Å². The molecule has 4 nitrogen and oxygen atoms in total. The van der Waals surface area contributed by atoms with E-state index in [1.165, 1.54) is 0 Å². The molecular weight excluding hydrogens is 214 g/mol. The zero-order valence-electron chi connectivity index (χ0n) is 11.1. The lowest BCUT2D eigenvalue weighted by Crippen LogP contribution is -2.42. The minimum Gasteiger partial charge on any atom is -0.364 e. The molecule has 4 N–H and O–H groups in total. The fourth-order valence-electron chi connectivity index (χ4n) is 1.64. The molecule has 0 bridgehead atoms. The first-order valence-electron chi connectivity index (χ1n) is 5.90. The fourth-order valence-corrected chi connectivity index (χ4v) is 1.64. The summed E-state index contributed by atoms with van der Waals surface area (Å²) in [6, 6.07) is 3.99. The van der Waals surface area contributed by atoms with Gasteiger partial charge in [-0.3, -0.25) is 4.79 Å². The SMILES string of the molecule is CC(C)(N)CC(=O)NCC(C)(C)c1ccc[nH]1. The van der Waals surface area contributed by atoms with Gasteiger partial charge in [-0.15, -0.1) is 0 Å². The zero-order valence-corrected chi connectivity index (χ0v) is 11.1. The third-order valence-electron chi connectivity index (χ3n) is 2.67. The average molecular weight is 237 g/mol. The molecule has 0 aromatic carbocycles. The Morgan fingerprint density at radius 2 is 2.06 bits per heavy atom. The lowest BCUT2D eigenvalue weighted by Gasteiger charge is -2.25. The number of nitrogens with one attached hydrogen (secondary N) is 2. The van der Waals surface area contributed by atoms with Crippen molar-refractivity contribution in [2.45, 2.75) is 45.1 Å². The van der Waals surface area contributed by atoms with Gasteiger partial charge in [-0.05, 0) is 26.0 Å². The lowest BCUT2D eigenvalue weighted by molar-refractivity contribution is -0.122. The molecule has 0 unspecified atom stereocenters. The number of aromatic amines is 1. The fraction of sp³-hybridized carbons (Fsp3) is 0.615. The number of amides is 1. The molecule has 0 radical (unpaired) electrons. The largest absolute Gasteiger partial charge is 0.364 e. The van der Waals surface area contributed by atoms with Gasteiger partial charge in [0.25, 0.3) is 0 Å². The summed E-state index contributed by atoms with van der Waals surface area (Å²) in [6.07, 6.45) is 2.23. The highest BCUT2D eigenvalue weighted by atomic mass is 16.1. The number of rotatable bonds is 5. The number of carbonyl (C=O) groups is 1. The Kier molecular flexibility index (Phi) is 3.98. The van der Waals surface area contributed by atoms with E-state index in [0.29, 0.717) is 13.0 Å². The van der Waals surface area contributed by atoms with E-state index in [-0.39, 0.29) is 11.3 Å². The van der Waals surface area contributed by atoms with Crippen LogP contribution in [0.3, 0.4) is 0 Å². The smallest absolute Gasteiger partial charge is 0.221 e. The Morgan fingerprint density at radius 3 is 2.53 bits per heavy atom. The Bertz CT molecular complexity index is 361. The molecule has 0 aliphatic carbocycles. The maximum atomic E-state index is 11.7. The lowest BCUT2D eigenvalue weighted by atomic mass is 9.89. The second-order valence-electron chi connectivity index (χ2n) is 5.91. The topological polar surface area (TPSA) is 70.9 Å². The van der Waals surface area contributed by atoms with Crippen LogP contribution in [-0.2, 0) is 10.2 Å². The maximum Gasteiger partial charge on any atom is 0.221 e. The van der Waals surface area contributed by atoms with Crippen molar-refractivity contribution in [1.29, 1.82) is 0 Å². The molecule has 1 rings (SSSR count). The first kappa shape index (κ1) is 13.8. The van der Waals surface area contributed by atoms with Crippen LogP contribution in [0.15, 0.2) is 18.3 Å². The highest BCUT2D eigenvalue weighted by molar-refractivity contribution is 5.77. The van der Waals surface area contributed by atoms with E-state index < -0.39 is 5.54 Å². The first-order valence-corrected chi connectivity index (χ1v) is 5.90. The van der Waals surface area contributed by atoms with E-state index in [9.17, 15) is 4.79 Å². The molecule has 1 aromatic heterocycles. The molecule has 1 amide bonds. The molecule has 0 aliphatic rings. The quantitative estimate of drug-likeness (QED) is 0.727. The van der Waals surface area contributed by atoms with Crippen molar-refractivity contribution in [2.75, 3.05) is 6.54 Å². The molecule has 0 atom stereocenters. The van der Waals surface area contributed by atoms with Crippen LogP contribution in [-0.4, -0.2) is 23.0 Å². The summed E-state index contributed by atoms with van der Waals surface area (Å²) in [5, 5.41) is 2.93. The maximum absolute atomic E-state index is 11.7. The molecule has 0 saturated heterocycles. The van der Waals surface area contributed by atoms with Gasteiger partial charge >= 0.3 is 0 Å². The van der Waals surface area contributed by atoms with Crippen molar-refractivity contribution < 1.29 is 4.79 Å². The van der Waals surface area contributed by atoms with E-state index in [0.717, 1.165) is 5.69 Å². The van der Waals surface area contributed by atoms with Crippen molar-refractivity contribution >= 4 is 5.91 Å². The van der Waals surface area contributed by atoms with Gasteiger partial charge in [0.2, 0.25) is 5.91 Å². The molecule has 0 fully saturated rings. The van der Waals surface area contributed by atoms with Crippen LogP contribution >= 0.6 is 0 Å². The number of nitrogens with two attached hydrogens (primary N) is 1. The number of H-pyrrole nitrogens is 1. The number of hydrogen-bond donors (Lipinski definition) is 3. The molecule has 0 spiro atoms. The van der Waals surface area contributed by atoms with Gasteiger partial charge < -0.3 is 16.0 Å². The third kappa shape index (κ3) is 4.61. The highest BCUT2D eigenvalue weighted by Crippen LogP contribution is 2.20. The predicted octanol–water partition coefficient (Wildman–Crippen LogP) is 1.54. The Labute approximate surface area is 103 Å². The van der Waals surface area contributed by atoms with Crippen LogP contribution in [0.1, 0.15) is 39.8 Å². The second kappa shape index (κ2) is 4.92. The summed E-state index contributed by atoms with van der Waals surface area (Å²) in [5.41, 5.74) is 6.36. The summed E-state index contributed by atoms with van der Waals surface area (Å²) in [7, 11) is 0. The Morgan fingerprint density at radius 1 is 1.41 bits per heavy atom. The summed E-state index contributed by atoms with van der Waals surface area (Å²) in [6.45, 7) is 8.48. The molecule has 17 heavy (non-hydrogen) atoms. The van der Waals surface area contributed by atoms with Gasteiger partial charge in [0.15, 0.2) is 0 Å². The van der Waals surface area contributed by atoms with Crippen molar-refractivity contribution in [3.63, 3.8) is 0 Å². The number of hydrogen-bond acceptors (Lipinski definition) is 2. The molecular formula is C13H23N3O. The van der Waals surface area contributed by atoms with Gasteiger partial charge in [0, 0.05) is 35.8 Å². The van der Waals surface area contributed by atoms with Crippen LogP contribution in [0.25, 0.3) is 0 Å². The van der Waals surface area contributed by atoms with Crippen molar-refractivity contribution in [3.8, 4) is 0 Å². The van der Waals surface area contributed by atoms with Crippen molar-refractivity contribution in [2.24, 2.45) is 5.73 Å². The zero-order chi connectivity index (χ0) is 13.1. The van der Waals surface area contributed by atoms with Crippen LogP contribution in [0, 0.1) is 0 Å². The van der Waals surface area contributed by atoms with E-state index in [4.69, 9.17) is 5.73 Å². The second-order valence-corrected chi connectivity index (χ2v) is 5.91. The van der Waals surface area contributed by atoms with Crippen LogP contribution in [0.2, 0.25) is 0 Å². The number of aromatic nitrogens is 1. The molecule has 0 aliphatic heterocycles. The van der Waals surface area contributed by atoms with Crippen molar-refractivity contribution in [1.82, 2.24) is 10.3 Å². The van der Waals surface area contributed by atoms with E-state index >= 15 is 0 Å². The minimum atomic E-state index is -0.458. The normalized spacial score (nSPS) is 12.5. The molecule has 0 saturated carbocycles. The summed E-state index contributed by atoms with van der Waals surface area (Å²) in [4.78, 5) is 14.8. The standard InChI is InChI=1S/C13H23N3O/c1-12(2,10-6-5-7-15-10)9-16-11(17)8-13(3,4)14/h5-7,15H,8-9,14H2,1-4H3,(H,16,17).